The predicted molar refractivity (Wildman–Crippen MR) is 67.4 cm³/mol. The summed E-state index contributed by atoms with van der Waals surface area (Å²) in [6, 6.07) is 10.4. The fourth-order valence-electron chi connectivity index (χ4n) is 2.90. The highest BCUT2D eigenvalue weighted by molar-refractivity contribution is 5.25. The van der Waals surface area contributed by atoms with Crippen LogP contribution in [0.1, 0.15) is 45.1 Å². The Morgan fingerprint density at radius 3 is 2.25 bits per heavy atom. The number of aliphatic hydroxyl groups is 1. The Balaban J connectivity index is 2.17. The Kier molecular flexibility index (Phi) is 3.34. The summed E-state index contributed by atoms with van der Waals surface area (Å²) in [5, 5.41) is 10.5. The molecule has 0 amide bonds. The summed E-state index contributed by atoms with van der Waals surface area (Å²) in [5.74, 6) is 0.496. The van der Waals surface area contributed by atoms with Crippen LogP contribution in [0.4, 0.5) is 0 Å². The van der Waals surface area contributed by atoms with E-state index in [0.29, 0.717) is 5.92 Å². The van der Waals surface area contributed by atoms with E-state index in [1.807, 2.05) is 6.07 Å². The topological polar surface area (TPSA) is 20.2 Å². The molecule has 1 fully saturated rings. The van der Waals surface area contributed by atoms with Gasteiger partial charge in [-0.25, -0.2) is 0 Å². The second kappa shape index (κ2) is 4.58. The molecule has 88 valence electrons. The molecule has 16 heavy (non-hydrogen) atoms. The lowest BCUT2D eigenvalue weighted by Gasteiger charge is -2.35. The van der Waals surface area contributed by atoms with Crippen LogP contribution in [-0.2, 0) is 5.41 Å². The van der Waals surface area contributed by atoms with E-state index in [9.17, 15) is 5.11 Å². The fraction of sp³-hybridized carbons (Fsp3) is 0.600. The van der Waals surface area contributed by atoms with Crippen LogP contribution in [0.15, 0.2) is 30.3 Å². The van der Waals surface area contributed by atoms with Gasteiger partial charge in [-0.2, -0.15) is 0 Å². The van der Waals surface area contributed by atoms with Crippen molar-refractivity contribution in [3.8, 4) is 0 Å². The van der Waals surface area contributed by atoms with Gasteiger partial charge in [0.25, 0.3) is 0 Å². The van der Waals surface area contributed by atoms with E-state index in [4.69, 9.17) is 0 Å². The minimum Gasteiger partial charge on any atom is -0.392 e. The Bertz CT molecular complexity index is 323. The molecule has 0 heterocycles. The van der Waals surface area contributed by atoms with Gasteiger partial charge in [-0.05, 0) is 24.3 Å². The molecule has 0 bridgehead atoms. The zero-order valence-corrected chi connectivity index (χ0v) is 10.3. The standard InChI is InChI=1S/C15H22O/c1-15(2,13-10-4-3-5-11-13)14(16)12-8-6-7-9-12/h3-5,10-12,14,16H,6-9H2,1-2H3. The maximum absolute atomic E-state index is 10.5. The largest absolute Gasteiger partial charge is 0.392 e. The molecule has 0 saturated heterocycles. The van der Waals surface area contributed by atoms with Crippen LogP contribution in [-0.4, -0.2) is 11.2 Å². The van der Waals surface area contributed by atoms with E-state index in [2.05, 4.69) is 38.1 Å². The van der Waals surface area contributed by atoms with Crippen molar-refractivity contribution >= 4 is 0 Å². The van der Waals surface area contributed by atoms with E-state index in [-0.39, 0.29) is 11.5 Å². The van der Waals surface area contributed by atoms with Crippen molar-refractivity contribution in [2.45, 2.75) is 51.0 Å². The number of aliphatic hydroxyl groups excluding tert-OH is 1. The average molecular weight is 218 g/mol. The van der Waals surface area contributed by atoms with Crippen LogP contribution >= 0.6 is 0 Å². The molecule has 1 atom stereocenters. The molecule has 1 nitrogen and oxygen atoms in total. The van der Waals surface area contributed by atoms with Crippen molar-refractivity contribution in [2.75, 3.05) is 0 Å². The van der Waals surface area contributed by atoms with Crippen molar-refractivity contribution in [1.29, 1.82) is 0 Å². The van der Waals surface area contributed by atoms with Gasteiger partial charge in [0.1, 0.15) is 0 Å². The van der Waals surface area contributed by atoms with Gasteiger partial charge in [0.15, 0.2) is 0 Å². The summed E-state index contributed by atoms with van der Waals surface area (Å²) in [4.78, 5) is 0. The van der Waals surface area contributed by atoms with Crippen LogP contribution in [0.2, 0.25) is 0 Å². The van der Waals surface area contributed by atoms with E-state index >= 15 is 0 Å². The van der Waals surface area contributed by atoms with Gasteiger partial charge < -0.3 is 5.11 Å². The zero-order valence-electron chi connectivity index (χ0n) is 10.3. The summed E-state index contributed by atoms with van der Waals surface area (Å²) in [7, 11) is 0. The van der Waals surface area contributed by atoms with Gasteiger partial charge in [-0.15, -0.1) is 0 Å². The van der Waals surface area contributed by atoms with E-state index < -0.39 is 0 Å². The van der Waals surface area contributed by atoms with Gasteiger partial charge in [0.05, 0.1) is 6.10 Å². The summed E-state index contributed by atoms with van der Waals surface area (Å²) in [6.45, 7) is 4.32. The van der Waals surface area contributed by atoms with Gasteiger partial charge in [0.2, 0.25) is 0 Å². The van der Waals surface area contributed by atoms with Gasteiger partial charge >= 0.3 is 0 Å². The fourth-order valence-corrected chi connectivity index (χ4v) is 2.90. The van der Waals surface area contributed by atoms with Crippen LogP contribution in [0.5, 0.6) is 0 Å². The van der Waals surface area contributed by atoms with E-state index in [0.717, 1.165) is 0 Å². The van der Waals surface area contributed by atoms with Crippen molar-refractivity contribution in [1.82, 2.24) is 0 Å². The molecular weight excluding hydrogens is 196 g/mol. The lowest BCUT2D eigenvalue weighted by molar-refractivity contribution is 0.0457. The average Bonchev–Trinajstić information content (AvgIpc) is 2.82. The first-order valence-electron chi connectivity index (χ1n) is 6.36. The molecular formula is C15H22O. The Morgan fingerprint density at radius 2 is 1.69 bits per heavy atom. The lowest BCUT2D eigenvalue weighted by atomic mass is 9.74. The quantitative estimate of drug-likeness (QED) is 0.823. The molecule has 1 aromatic carbocycles. The molecule has 1 aliphatic rings. The molecule has 1 heteroatoms. The number of rotatable bonds is 3. The third-order valence-electron chi connectivity index (χ3n) is 4.10. The second-order valence-electron chi connectivity index (χ2n) is 5.58. The maximum Gasteiger partial charge on any atom is 0.0659 e. The highest BCUT2D eigenvalue weighted by Gasteiger charge is 2.36. The summed E-state index contributed by atoms with van der Waals surface area (Å²) in [5.41, 5.74) is 1.12. The summed E-state index contributed by atoms with van der Waals surface area (Å²) in [6.07, 6.45) is 4.74. The first kappa shape index (κ1) is 11.7. The monoisotopic (exact) mass is 218 g/mol. The van der Waals surface area contributed by atoms with Gasteiger partial charge in [-0.3, -0.25) is 0 Å². The van der Waals surface area contributed by atoms with Crippen LogP contribution in [0, 0.1) is 5.92 Å². The predicted octanol–water partition coefficient (Wildman–Crippen LogP) is 3.52. The molecule has 1 aromatic rings. The van der Waals surface area contributed by atoms with Gasteiger partial charge in [-0.1, -0.05) is 57.0 Å². The highest BCUT2D eigenvalue weighted by atomic mass is 16.3. The second-order valence-corrected chi connectivity index (χ2v) is 5.58. The minimum absolute atomic E-state index is 0.129. The Labute approximate surface area is 98.5 Å². The molecule has 1 N–H and O–H groups in total. The van der Waals surface area contributed by atoms with Crippen molar-refractivity contribution < 1.29 is 5.11 Å². The smallest absolute Gasteiger partial charge is 0.0659 e. The molecule has 1 unspecified atom stereocenters. The third-order valence-corrected chi connectivity index (χ3v) is 4.10. The summed E-state index contributed by atoms with van der Waals surface area (Å²) >= 11 is 0. The van der Waals surface area contributed by atoms with Crippen LogP contribution in [0.3, 0.4) is 0 Å². The first-order chi connectivity index (χ1) is 7.62. The van der Waals surface area contributed by atoms with E-state index in [1.165, 1.54) is 31.2 Å². The minimum atomic E-state index is -0.211. The number of hydrogen-bond donors (Lipinski definition) is 1. The lowest BCUT2D eigenvalue weighted by Crippen LogP contribution is -2.38. The van der Waals surface area contributed by atoms with Crippen LogP contribution < -0.4 is 0 Å². The maximum atomic E-state index is 10.5. The van der Waals surface area contributed by atoms with Crippen molar-refractivity contribution in [3.63, 3.8) is 0 Å². The van der Waals surface area contributed by atoms with Crippen molar-refractivity contribution in [3.05, 3.63) is 35.9 Å². The normalized spacial score (nSPS) is 19.9. The molecule has 1 aliphatic carbocycles. The molecule has 0 radical (unpaired) electrons. The molecule has 0 aliphatic heterocycles. The zero-order chi connectivity index (χ0) is 11.6. The third kappa shape index (κ3) is 2.15. The Morgan fingerprint density at radius 1 is 1.12 bits per heavy atom. The molecule has 2 rings (SSSR count). The van der Waals surface area contributed by atoms with Crippen molar-refractivity contribution in [2.24, 2.45) is 5.92 Å². The van der Waals surface area contributed by atoms with Crippen LogP contribution in [0.25, 0.3) is 0 Å². The molecule has 0 aromatic heterocycles. The van der Waals surface area contributed by atoms with Gasteiger partial charge in [0, 0.05) is 5.41 Å². The Hall–Kier alpha value is -0.820. The number of benzene rings is 1. The number of hydrogen-bond acceptors (Lipinski definition) is 1. The first-order valence-corrected chi connectivity index (χ1v) is 6.36. The highest BCUT2D eigenvalue weighted by Crippen LogP contribution is 2.37. The van der Waals surface area contributed by atoms with E-state index in [1.54, 1.807) is 0 Å². The molecule has 0 spiro atoms. The molecule has 1 saturated carbocycles. The SMILES string of the molecule is CC(C)(c1ccccc1)C(O)C1CCCC1. The summed E-state index contributed by atoms with van der Waals surface area (Å²) < 4.78 is 0.